The highest BCUT2D eigenvalue weighted by molar-refractivity contribution is 5.85. The van der Waals surface area contributed by atoms with Crippen molar-refractivity contribution >= 4 is 30.7 Å². The van der Waals surface area contributed by atoms with Gasteiger partial charge in [-0.1, -0.05) is 13.8 Å². The highest BCUT2D eigenvalue weighted by Crippen LogP contribution is 2.29. The van der Waals surface area contributed by atoms with E-state index in [0.29, 0.717) is 6.61 Å². The molecule has 0 radical (unpaired) electrons. The van der Waals surface area contributed by atoms with Gasteiger partial charge >= 0.3 is 0 Å². The Kier molecular flexibility index (Phi) is 13.8. The summed E-state index contributed by atoms with van der Waals surface area (Å²) in [6, 6.07) is 0. The number of carbonyl (C=O) groups is 1. The molecule has 0 bridgehead atoms. The second-order valence-corrected chi connectivity index (χ2v) is 5.25. The molecule has 0 aromatic heterocycles. The average Bonchev–Trinajstić information content (AvgIpc) is 2.44. The van der Waals surface area contributed by atoms with Gasteiger partial charge in [0.1, 0.15) is 0 Å². The smallest absolute Gasteiger partial charge is 0.228 e. The molecule has 1 rings (SSSR count). The molecule has 1 aliphatic heterocycles. The number of hydrogen-bond donors (Lipinski definition) is 2. The number of methoxy groups -OCH3 is 1. The Labute approximate surface area is 141 Å². The van der Waals surface area contributed by atoms with Gasteiger partial charge in [-0.15, -0.1) is 24.8 Å². The van der Waals surface area contributed by atoms with E-state index in [1.54, 1.807) is 7.11 Å². The SMILES string of the molecule is CCN(CC)CCNC(=O)C1(COC)CCNCC1.Cl.Cl. The number of nitrogens with one attached hydrogen (secondary N) is 2. The minimum absolute atomic E-state index is 0. The predicted molar refractivity (Wildman–Crippen MR) is 91.7 cm³/mol. The predicted octanol–water partition coefficient (Wildman–Crippen LogP) is 1.30. The largest absolute Gasteiger partial charge is 0.384 e. The van der Waals surface area contributed by atoms with Crippen molar-refractivity contribution in [2.45, 2.75) is 26.7 Å². The van der Waals surface area contributed by atoms with Crippen molar-refractivity contribution in [1.82, 2.24) is 15.5 Å². The number of ether oxygens (including phenoxy) is 1. The highest BCUT2D eigenvalue weighted by Gasteiger charge is 2.39. The van der Waals surface area contributed by atoms with Gasteiger partial charge in [0.15, 0.2) is 0 Å². The Morgan fingerprint density at radius 1 is 1.24 bits per heavy atom. The zero-order valence-electron chi connectivity index (χ0n) is 13.4. The van der Waals surface area contributed by atoms with Crippen LogP contribution in [0.15, 0.2) is 0 Å². The van der Waals surface area contributed by atoms with Crippen molar-refractivity contribution in [1.29, 1.82) is 0 Å². The molecule has 0 atom stereocenters. The fraction of sp³-hybridized carbons (Fsp3) is 0.929. The van der Waals surface area contributed by atoms with Gasteiger partial charge in [0, 0.05) is 20.2 Å². The molecule has 5 nitrogen and oxygen atoms in total. The summed E-state index contributed by atoms with van der Waals surface area (Å²) in [6.07, 6.45) is 1.72. The lowest BCUT2D eigenvalue weighted by Crippen LogP contribution is -2.51. The van der Waals surface area contributed by atoms with Crippen molar-refractivity contribution in [2.24, 2.45) is 5.41 Å². The second kappa shape index (κ2) is 12.5. The van der Waals surface area contributed by atoms with Gasteiger partial charge in [-0.2, -0.15) is 0 Å². The second-order valence-electron chi connectivity index (χ2n) is 5.25. The maximum absolute atomic E-state index is 12.4. The van der Waals surface area contributed by atoms with Crippen LogP contribution in [0.4, 0.5) is 0 Å². The van der Waals surface area contributed by atoms with Crippen LogP contribution in [0.2, 0.25) is 0 Å². The van der Waals surface area contributed by atoms with Gasteiger partial charge in [0.25, 0.3) is 0 Å². The standard InChI is InChI=1S/C14H29N3O2.2ClH/c1-4-17(5-2)11-10-16-13(18)14(12-19-3)6-8-15-9-7-14;;/h15H,4-12H2,1-3H3,(H,16,18);2*1H. The number of rotatable bonds is 8. The van der Waals surface area contributed by atoms with Gasteiger partial charge in [-0.25, -0.2) is 0 Å². The molecule has 0 aliphatic carbocycles. The van der Waals surface area contributed by atoms with E-state index in [9.17, 15) is 4.79 Å². The van der Waals surface area contributed by atoms with Gasteiger partial charge in [-0.3, -0.25) is 4.79 Å². The molecule has 0 aromatic rings. The van der Waals surface area contributed by atoms with Crippen molar-refractivity contribution < 1.29 is 9.53 Å². The number of hydrogen-bond acceptors (Lipinski definition) is 4. The number of amides is 1. The maximum Gasteiger partial charge on any atom is 0.228 e. The lowest BCUT2D eigenvalue weighted by molar-refractivity contribution is -0.136. The van der Waals surface area contributed by atoms with Gasteiger partial charge in [0.05, 0.1) is 12.0 Å². The van der Waals surface area contributed by atoms with Gasteiger partial charge < -0.3 is 20.3 Å². The third-order valence-electron chi connectivity index (χ3n) is 4.07. The molecule has 0 spiro atoms. The molecule has 128 valence electrons. The molecule has 1 fully saturated rings. The number of nitrogens with zero attached hydrogens (tertiary/aromatic N) is 1. The summed E-state index contributed by atoms with van der Waals surface area (Å²) in [5, 5.41) is 6.39. The number of piperidine rings is 1. The fourth-order valence-corrected chi connectivity index (χ4v) is 2.67. The summed E-state index contributed by atoms with van der Waals surface area (Å²) in [5.41, 5.74) is -0.330. The Morgan fingerprint density at radius 2 is 1.81 bits per heavy atom. The zero-order chi connectivity index (χ0) is 14.1. The molecule has 7 heteroatoms. The van der Waals surface area contributed by atoms with E-state index in [0.717, 1.165) is 52.1 Å². The molecule has 0 unspecified atom stereocenters. The van der Waals surface area contributed by atoms with Crippen molar-refractivity contribution in [2.75, 3.05) is 53.0 Å². The van der Waals surface area contributed by atoms with E-state index in [2.05, 4.69) is 29.4 Å². The fourth-order valence-electron chi connectivity index (χ4n) is 2.67. The topological polar surface area (TPSA) is 53.6 Å². The molecular formula is C14H31Cl2N3O2. The van der Waals surface area contributed by atoms with Crippen LogP contribution in [-0.2, 0) is 9.53 Å². The summed E-state index contributed by atoms with van der Waals surface area (Å²) in [5.74, 6) is 0.156. The quantitative estimate of drug-likeness (QED) is 0.697. The molecule has 1 heterocycles. The molecule has 1 amide bonds. The minimum atomic E-state index is -0.330. The van der Waals surface area contributed by atoms with Crippen LogP contribution in [0.1, 0.15) is 26.7 Å². The molecular weight excluding hydrogens is 313 g/mol. The van der Waals surface area contributed by atoms with Crippen LogP contribution >= 0.6 is 24.8 Å². The first-order valence-electron chi connectivity index (χ1n) is 7.39. The molecule has 1 aliphatic rings. The van der Waals surface area contributed by atoms with Crippen LogP contribution in [-0.4, -0.2) is 63.8 Å². The lowest BCUT2D eigenvalue weighted by atomic mass is 9.78. The van der Waals surface area contributed by atoms with E-state index < -0.39 is 0 Å². The summed E-state index contributed by atoms with van der Waals surface area (Å²) in [6.45, 7) is 10.3. The first kappa shape index (κ1) is 23.2. The number of likely N-dealkylation sites (N-methyl/N-ethyl adjacent to an activating group) is 1. The van der Waals surface area contributed by atoms with E-state index in [4.69, 9.17) is 4.74 Å². The Balaban J connectivity index is 0. The molecule has 0 aromatic carbocycles. The lowest BCUT2D eigenvalue weighted by Gasteiger charge is -2.35. The van der Waals surface area contributed by atoms with Crippen molar-refractivity contribution in [3.8, 4) is 0 Å². The molecule has 0 saturated carbocycles. The van der Waals surface area contributed by atoms with E-state index in [1.165, 1.54) is 0 Å². The summed E-state index contributed by atoms with van der Waals surface area (Å²) in [4.78, 5) is 14.7. The summed E-state index contributed by atoms with van der Waals surface area (Å²) >= 11 is 0. The molecule has 1 saturated heterocycles. The van der Waals surface area contributed by atoms with Crippen LogP contribution in [0.25, 0.3) is 0 Å². The molecule has 2 N–H and O–H groups in total. The summed E-state index contributed by atoms with van der Waals surface area (Å²) < 4.78 is 5.28. The van der Waals surface area contributed by atoms with Crippen molar-refractivity contribution in [3.63, 3.8) is 0 Å². The third-order valence-corrected chi connectivity index (χ3v) is 4.07. The number of halogens is 2. The Bertz CT molecular complexity index is 265. The van der Waals surface area contributed by atoms with E-state index >= 15 is 0 Å². The molecule has 21 heavy (non-hydrogen) atoms. The number of carbonyl (C=O) groups excluding carboxylic acids is 1. The first-order valence-corrected chi connectivity index (χ1v) is 7.39. The van der Waals surface area contributed by atoms with Crippen molar-refractivity contribution in [3.05, 3.63) is 0 Å². The summed E-state index contributed by atoms with van der Waals surface area (Å²) in [7, 11) is 1.67. The first-order chi connectivity index (χ1) is 9.18. The highest BCUT2D eigenvalue weighted by atomic mass is 35.5. The normalized spacial score (nSPS) is 16.8. The maximum atomic E-state index is 12.4. The van der Waals surface area contributed by atoms with Crippen LogP contribution < -0.4 is 10.6 Å². The zero-order valence-corrected chi connectivity index (χ0v) is 15.1. The van der Waals surface area contributed by atoms with Crippen LogP contribution in [0.3, 0.4) is 0 Å². The minimum Gasteiger partial charge on any atom is -0.384 e. The third kappa shape index (κ3) is 7.15. The van der Waals surface area contributed by atoms with E-state index in [-0.39, 0.29) is 36.1 Å². The van der Waals surface area contributed by atoms with Crippen LogP contribution in [0, 0.1) is 5.41 Å². The van der Waals surface area contributed by atoms with Gasteiger partial charge in [0.2, 0.25) is 5.91 Å². The average molecular weight is 344 g/mol. The van der Waals surface area contributed by atoms with Gasteiger partial charge in [-0.05, 0) is 39.0 Å². The van der Waals surface area contributed by atoms with E-state index in [1.807, 2.05) is 0 Å². The Morgan fingerprint density at radius 3 is 2.29 bits per heavy atom. The van der Waals surface area contributed by atoms with Crippen LogP contribution in [0.5, 0.6) is 0 Å². The Hall–Kier alpha value is -0.0700. The monoisotopic (exact) mass is 343 g/mol.